The molecule has 0 amide bonds. The standard InChI is InChI=1S/C18H23ClN2O5/c1-25-17(22)13-9-16(21(23)24)15(10-14(13)19)20-12-5-8-26-18(11-12)6-3-2-4-7-18/h9-10,12,20H,2-8,11H2,1H3. The quantitative estimate of drug-likeness (QED) is 0.473. The Morgan fingerprint density at radius 2 is 2.12 bits per heavy atom. The maximum Gasteiger partial charge on any atom is 0.339 e. The van der Waals surface area contributed by atoms with E-state index in [9.17, 15) is 14.9 Å². The van der Waals surface area contributed by atoms with Crippen molar-refractivity contribution in [1.29, 1.82) is 0 Å². The number of halogens is 1. The molecular weight excluding hydrogens is 360 g/mol. The number of ether oxygens (including phenoxy) is 2. The highest BCUT2D eigenvalue weighted by molar-refractivity contribution is 6.34. The first kappa shape index (κ1) is 18.9. The van der Waals surface area contributed by atoms with Crippen LogP contribution in [0.25, 0.3) is 0 Å². The summed E-state index contributed by atoms with van der Waals surface area (Å²) in [5.41, 5.74) is 0.0187. The van der Waals surface area contributed by atoms with Crippen molar-refractivity contribution >= 4 is 28.9 Å². The van der Waals surface area contributed by atoms with Crippen molar-refractivity contribution in [3.8, 4) is 0 Å². The van der Waals surface area contributed by atoms with Crippen LogP contribution in [-0.2, 0) is 9.47 Å². The van der Waals surface area contributed by atoms with Gasteiger partial charge in [-0.3, -0.25) is 10.1 Å². The van der Waals surface area contributed by atoms with Crippen LogP contribution in [-0.4, -0.2) is 36.3 Å². The first-order chi connectivity index (χ1) is 12.4. The number of rotatable bonds is 4. The Balaban J connectivity index is 1.83. The third-order valence-electron chi connectivity index (χ3n) is 5.30. The highest BCUT2D eigenvalue weighted by Crippen LogP contribution is 2.40. The van der Waals surface area contributed by atoms with Gasteiger partial charge in [0.2, 0.25) is 0 Å². The van der Waals surface area contributed by atoms with E-state index in [1.807, 2.05) is 0 Å². The summed E-state index contributed by atoms with van der Waals surface area (Å²) in [4.78, 5) is 22.7. The summed E-state index contributed by atoms with van der Waals surface area (Å²) in [6, 6.07) is 2.68. The summed E-state index contributed by atoms with van der Waals surface area (Å²) in [7, 11) is 1.21. The Bertz CT molecular complexity index is 698. The second kappa shape index (κ2) is 7.80. The van der Waals surface area contributed by atoms with Crippen LogP contribution in [0.3, 0.4) is 0 Å². The largest absolute Gasteiger partial charge is 0.465 e. The molecule has 1 aliphatic carbocycles. The molecule has 1 aliphatic heterocycles. The number of methoxy groups -OCH3 is 1. The Labute approximate surface area is 157 Å². The average Bonchev–Trinajstić information content (AvgIpc) is 2.61. The monoisotopic (exact) mass is 382 g/mol. The number of nitrogens with zero attached hydrogens (tertiary/aromatic N) is 1. The molecule has 1 aromatic rings. The number of hydrogen-bond acceptors (Lipinski definition) is 6. The topological polar surface area (TPSA) is 90.7 Å². The summed E-state index contributed by atoms with van der Waals surface area (Å²) in [6.07, 6.45) is 7.22. The lowest BCUT2D eigenvalue weighted by Crippen LogP contribution is -2.45. The van der Waals surface area contributed by atoms with Crippen LogP contribution in [0.5, 0.6) is 0 Å². The highest BCUT2D eigenvalue weighted by Gasteiger charge is 2.39. The van der Waals surface area contributed by atoms with Crippen molar-refractivity contribution in [2.45, 2.75) is 56.6 Å². The molecule has 7 nitrogen and oxygen atoms in total. The van der Waals surface area contributed by atoms with E-state index in [0.717, 1.165) is 38.5 Å². The van der Waals surface area contributed by atoms with Gasteiger partial charge in [0.25, 0.3) is 5.69 Å². The van der Waals surface area contributed by atoms with Crippen molar-refractivity contribution in [3.63, 3.8) is 0 Å². The predicted octanol–water partition coefficient (Wildman–Crippen LogP) is 4.33. The van der Waals surface area contributed by atoms with Gasteiger partial charge in [-0.1, -0.05) is 30.9 Å². The molecule has 1 atom stereocenters. The molecule has 1 heterocycles. The average molecular weight is 383 g/mol. The number of nitro groups is 1. The SMILES string of the molecule is COC(=O)c1cc([N+](=O)[O-])c(NC2CCOC3(CCCCC3)C2)cc1Cl. The van der Waals surface area contributed by atoms with Crippen molar-refractivity contribution in [2.24, 2.45) is 0 Å². The number of hydrogen-bond donors (Lipinski definition) is 1. The Morgan fingerprint density at radius 1 is 1.38 bits per heavy atom. The van der Waals surface area contributed by atoms with Crippen LogP contribution in [0, 0.1) is 10.1 Å². The van der Waals surface area contributed by atoms with E-state index in [-0.39, 0.29) is 27.9 Å². The van der Waals surface area contributed by atoms with Gasteiger partial charge in [-0.15, -0.1) is 0 Å². The summed E-state index contributed by atoms with van der Waals surface area (Å²) >= 11 is 6.15. The summed E-state index contributed by atoms with van der Waals surface area (Å²) in [6.45, 7) is 0.638. The van der Waals surface area contributed by atoms with Gasteiger partial charge in [0.1, 0.15) is 5.69 Å². The maximum atomic E-state index is 11.7. The smallest absolute Gasteiger partial charge is 0.339 e. The number of carbonyl (C=O) groups excluding carboxylic acids is 1. The highest BCUT2D eigenvalue weighted by atomic mass is 35.5. The molecule has 142 valence electrons. The van der Waals surface area contributed by atoms with Crippen molar-refractivity contribution < 1.29 is 19.2 Å². The molecule has 3 rings (SSSR count). The Morgan fingerprint density at radius 3 is 2.77 bits per heavy atom. The zero-order chi connectivity index (χ0) is 18.7. The molecule has 1 saturated carbocycles. The maximum absolute atomic E-state index is 11.7. The molecule has 0 radical (unpaired) electrons. The van der Waals surface area contributed by atoms with Crippen LogP contribution >= 0.6 is 11.6 Å². The van der Waals surface area contributed by atoms with Gasteiger partial charge >= 0.3 is 5.97 Å². The van der Waals surface area contributed by atoms with Gasteiger partial charge in [-0.05, 0) is 31.7 Å². The minimum Gasteiger partial charge on any atom is -0.465 e. The predicted molar refractivity (Wildman–Crippen MR) is 97.9 cm³/mol. The molecule has 0 aromatic heterocycles. The molecule has 2 fully saturated rings. The fourth-order valence-corrected chi connectivity index (χ4v) is 4.25. The number of nitro benzene ring substituents is 1. The van der Waals surface area contributed by atoms with E-state index in [1.54, 1.807) is 0 Å². The van der Waals surface area contributed by atoms with Gasteiger partial charge in [0.15, 0.2) is 0 Å². The molecule has 1 aromatic carbocycles. The lowest BCUT2D eigenvalue weighted by Gasteiger charge is -2.43. The van der Waals surface area contributed by atoms with Gasteiger partial charge in [-0.2, -0.15) is 0 Å². The second-order valence-corrected chi connectivity index (χ2v) is 7.43. The number of esters is 1. The minimum atomic E-state index is -0.697. The summed E-state index contributed by atoms with van der Waals surface area (Å²) in [5, 5.41) is 14.9. The zero-order valence-electron chi connectivity index (χ0n) is 14.8. The van der Waals surface area contributed by atoms with Crippen molar-refractivity contribution in [2.75, 3.05) is 19.0 Å². The third-order valence-corrected chi connectivity index (χ3v) is 5.62. The molecule has 2 aliphatic rings. The van der Waals surface area contributed by atoms with Gasteiger partial charge in [-0.25, -0.2) is 4.79 Å². The fraction of sp³-hybridized carbons (Fsp3) is 0.611. The molecule has 1 saturated heterocycles. The van der Waals surface area contributed by atoms with E-state index in [1.165, 1.54) is 25.7 Å². The summed E-state index contributed by atoms with van der Waals surface area (Å²) in [5.74, 6) is -0.697. The van der Waals surface area contributed by atoms with Crippen LogP contribution in [0.15, 0.2) is 12.1 Å². The van der Waals surface area contributed by atoms with E-state index in [2.05, 4.69) is 10.1 Å². The summed E-state index contributed by atoms with van der Waals surface area (Å²) < 4.78 is 10.7. The normalized spacial score (nSPS) is 22.0. The lowest BCUT2D eigenvalue weighted by molar-refractivity contribution is -0.384. The molecule has 26 heavy (non-hydrogen) atoms. The van der Waals surface area contributed by atoms with E-state index < -0.39 is 10.9 Å². The van der Waals surface area contributed by atoms with E-state index in [4.69, 9.17) is 16.3 Å². The van der Waals surface area contributed by atoms with Crippen molar-refractivity contribution in [3.05, 3.63) is 32.8 Å². The molecule has 1 N–H and O–H groups in total. The number of carbonyl (C=O) groups is 1. The molecular formula is C18H23ClN2O5. The van der Waals surface area contributed by atoms with Crippen LogP contribution < -0.4 is 5.32 Å². The van der Waals surface area contributed by atoms with Gasteiger partial charge in [0.05, 0.1) is 28.2 Å². The molecule has 1 spiro atoms. The second-order valence-electron chi connectivity index (χ2n) is 7.02. The Kier molecular flexibility index (Phi) is 5.67. The van der Waals surface area contributed by atoms with E-state index in [0.29, 0.717) is 12.3 Å². The van der Waals surface area contributed by atoms with Crippen LogP contribution in [0.4, 0.5) is 11.4 Å². The van der Waals surface area contributed by atoms with Crippen molar-refractivity contribution in [1.82, 2.24) is 0 Å². The van der Waals surface area contributed by atoms with Gasteiger partial charge in [0, 0.05) is 18.7 Å². The molecule has 8 heteroatoms. The van der Waals surface area contributed by atoms with E-state index >= 15 is 0 Å². The number of nitrogens with one attached hydrogen (secondary N) is 1. The van der Waals surface area contributed by atoms with Crippen LogP contribution in [0.2, 0.25) is 5.02 Å². The molecule has 1 unspecified atom stereocenters. The van der Waals surface area contributed by atoms with Gasteiger partial charge < -0.3 is 14.8 Å². The molecule has 0 bridgehead atoms. The Hall–Kier alpha value is -1.86. The first-order valence-corrected chi connectivity index (χ1v) is 9.29. The van der Waals surface area contributed by atoms with Crippen LogP contribution in [0.1, 0.15) is 55.3 Å². The fourth-order valence-electron chi connectivity index (χ4n) is 4.01. The number of benzene rings is 1. The zero-order valence-corrected chi connectivity index (χ0v) is 15.5. The first-order valence-electron chi connectivity index (χ1n) is 8.91. The minimum absolute atomic E-state index is 0.0119. The third kappa shape index (κ3) is 3.94. The number of anilines is 1. The lowest BCUT2D eigenvalue weighted by atomic mass is 9.78.